The Labute approximate surface area is 160 Å². The van der Waals surface area contributed by atoms with Crippen molar-refractivity contribution in [2.24, 2.45) is 11.3 Å². The monoisotopic (exact) mass is 391 g/mol. The molecule has 2 N–H and O–H groups in total. The van der Waals surface area contributed by atoms with Crippen LogP contribution in [0.2, 0.25) is 18.1 Å². The normalized spacial score (nSPS) is 33.4. The van der Waals surface area contributed by atoms with Crippen LogP contribution in [0.25, 0.3) is 11.2 Å². The molecule has 0 unspecified atom stereocenters. The Morgan fingerprint density at radius 2 is 2.04 bits per heavy atom. The van der Waals surface area contributed by atoms with Crippen LogP contribution in [0, 0.1) is 11.3 Å². The highest BCUT2D eigenvalue weighted by Crippen LogP contribution is 2.71. The molecular weight excluding hydrogens is 361 g/mol. The van der Waals surface area contributed by atoms with Crippen molar-refractivity contribution in [1.29, 1.82) is 0 Å². The van der Waals surface area contributed by atoms with Crippen LogP contribution in [-0.2, 0) is 4.43 Å². The molecule has 0 saturated heterocycles. The summed E-state index contributed by atoms with van der Waals surface area (Å²) in [6, 6.07) is -0.306. The van der Waals surface area contributed by atoms with Crippen molar-refractivity contribution < 1.29 is 8.82 Å². The van der Waals surface area contributed by atoms with Crippen LogP contribution in [0.4, 0.5) is 10.2 Å². The summed E-state index contributed by atoms with van der Waals surface area (Å²) in [6.45, 7) is 13.2. The SMILES string of the molecule is CC[C@@]12C[C@@H]1[C@@H](n1cnc3c(N)ncnc31)[C@H](F)[C@@H]2O[Si](C)(C)C(C)(C)C. The molecule has 4 rings (SSSR count). The number of hydrogen-bond acceptors (Lipinski definition) is 5. The van der Waals surface area contributed by atoms with E-state index in [9.17, 15) is 0 Å². The summed E-state index contributed by atoms with van der Waals surface area (Å²) in [5.41, 5.74) is 7.00. The molecule has 6 nitrogen and oxygen atoms in total. The number of alkyl halides is 1. The Kier molecular flexibility index (Phi) is 3.99. The van der Waals surface area contributed by atoms with Crippen LogP contribution < -0.4 is 5.73 Å². The summed E-state index contributed by atoms with van der Waals surface area (Å²) in [7, 11) is -2.08. The van der Waals surface area contributed by atoms with E-state index in [1.54, 1.807) is 6.33 Å². The zero-order chi connectivity index (χ0) is 19.8. The molecule has 0 aliphatic heterocycles. The van der Waals surface area contributed by atoms with Gasteiger partial charge in [-0.25, -0.2) is 19.3 Å². The number of hydrogen-bond donors (Lipinski definition) is 1. The van der Waals surface area contributed by atoms with Gasteiger partial charge in [0.15, 0.2) is 19.8 Å². The molecule has 0 bridgehead atoms. The predicted octanol–water partition coefficient (Wildman–Crippen LogP) is 4.11. The Bertz CT molecular complexity index is 879. The van der Waals surface area contributed by atoms with Crippen LogP contribution >= 0.6 is 0 Å². The van der Waals surface area contributed by atoms with Crippen LogP contribution in [0.1, 0.15) is 46.6 Å². The molecule has 0 amide bonds. The predicted molar refractivity (Wildman–Crippen MR) is 107 cm³/mol. The van der Waals surface area contributed by atoms with Crippen LogP contribution in [0.3, 0.4) is 0 Å². The van der Waals surface area contributed by atoms with E-state index in [1.165, 1.54) is 6.33 Å². The summed E-state index contributed by atoms with van der Waals surface area (Å²) in [4.78, 5) is 12.7. The number of nitrogens with two attached hydrogens (primary N) is 1. The topological polar surface area (TPSA) is 78.9 Å². The third kappa shape index (κ3) is 2.56. The van der Waals surface area contributed by atoms with Gasteiger partial charge in [-0.3, -0.25) is 0 Å². The minimum Gasteiger partial charge on any atom is -0.410 e. The van der Waals surface area contributed by atoms with Crippen LogP contribution in [0.15, 0.2) is 12.7 Å². The number of imidazole rings is 1. The van der Waals surface area contributed by atoms with Gasteiger partial charge >= 0.3 is 0 Å². The van der Waals surface area contributed by atoms with E-state index in [0.717, 1.165) is 12.8 Å². The molecule has 2 aromatic heterocycles. The standard InChI is InChI=1S/C19H30FN5OSi/c1-7-19-8-11(19)14(12(20)15(19)26-27(5,6)18(2,3)4)25-10-24-13-16(21)22-9-23-17(13)25/h9-12,14-15H,7-8H2,1-6H3,(H2,21,22,23)/t11-,12+,14-,15+,19-/m1/s1. The fourth-order valence-electron chi connectivity index (χ4n) is 4.58. The molecule has 0 radical (unpaired) electrons. The maximum absolute atomic E-state index is 15.8. The van der Waals surface area contributed by atoms with Crippen molar-refractivity contribution in [3.8, 4) is 0 Å². The lowest BCUT2D eigenvalue weighted by molar-refractivity contribution is 0.0389. The average molecular weight is 392 g/mol. The van der Waals surface area contributed by atoms with E-state index < -0.39 is 14.5 Å². The molecular formula is C19H30FN5OSi. The van der Waals surface area contributed by atoms with Gasteiger partial charge in [-0.2, -0.15) is 0 Å². The lowest BCUT2D eigenvalue weighted by Crippen LogP contribution is -2.48. The number of fused-ring (bicyclic) bond motifs is 2. The van der Waals surface area contributed by atoms with Crippen LogP contribution in [0.5, 0.6) is 0 Å². The Morgan fingerprint density at radius 1 is 1.33 bits per heavy atom. The molecule has 8 heteroatoms. The zero-order valence-corrected chi connectivity index (χ0v) is 18.0. The number of aromatic nitrogens is 4. The summed E-state index contributed by atoms with van der Waals surface area (Å²) in [6.07, 6.45) is 3.56. The quantitative estimate of drug-likeness (QED) is 0.794. The molecule has 5 atom stereocenters. The third-order valence-corrected chi connectivity index (χ3v) is 11.8. The first-order valence-electron chi connectivity index (χ1n) is 9.78. The molecule has 2 aromatic rings. The van der Waals surface area contributed by atoms with Gasteiger partial charge in [-0.05, 0) is 36.9 Å². The fraction of sp³-hybridized carbons (Fsp3) is 0.737. The minimum atomic E-state index is -2.08. The van der Waals surface area contributed by atoms with Crippen molar-refractivity contribution in [3.05, 3.63) is 12.7 Å². The van der Waals surface area contributed by atoms with E-state index in [-0.39, 0.29) is 28.5 Å². The first-order valence-corrected chi connectivity index (χ1v) is 12.7. The van der Waals surface area contributed by atoms with Crippen molar-refractivity contribution >= 4 is 25.3 Å². The van der Waals surface area contributed by atoms with E-state index in [0.29, 0.717) is 17.0 Å². The minimum absolute atomic E-state index is 0.0491. The molecule has 148 valence electrons. The van der Waals surface area contributed by atoms with E-state index in [4.69, 9.17) is 10.2 Å². The maximum atomic E-state index is 15.8. The number of rotatable bonds is 4. The summed E-state index contributed by atoms with van der Waals surface area (Å²) >= 11 is 0. The lowest BCUT2D eigenvalue weighted by atomic mass is 9.97. The van der Waals surface area contributed by atoms with Gasteiger partial charge in [0, 0.05) is 5.41 Å². The third-order valence-electron chi connectivity index (χ3n) is 7.37. The zero-order valence-electron chi connectivity index (χ0n) is 17.0. The Hall–Kier alpha value is -1.54. The van der Waals surface area contributed by atoms with E-state index in [2.05, 4.69) is 55.7 Å². The van der Waals surface area contributed by atoms with Crippen molar-refractivity contribution in [3.63, 3.8) is 0 Å². The van der Waals surface area contributed by atoms with Crippen molar-refractivity contribution in [2.75, 3.05) is 5.73 Å². The second-order valence-corrected chi connectivity index (χ2v) is 14.5. The number of nitrogen functional groups attached to an aromatic ring is 1. The van der Waals surface area contributed by atoms with Gasteiger partial charge < -0.3 is 14.7 Å². The van der Waals surface area contributed by atoms with Gasteiger partial charge in [-0.1, -0.05) is 27.7 Å². The van der Waals surface area contributed by atoms with Gasteiger partial charge in [0.2, 0.25) is 0 Å². The molecule has 2 aliphatic rings. The maximum Gasteiger partial charge on any atom is 0.192 e. The first kappa shape index (κ1) is 18.8. The smallest absolute Gasteiger partial charge is 0.192 e. The summed E-state index contributed by atoms with van der Waals surface area (Å²) in [5.74, 6) is 0.583. The fourth-order valence-corrected chi connectivity index (χ4v) is 5.93. The highest BCUT2D eigenvalue weighted by molar-refractivity contribution is 6.74. The molecule has 2 fully saturated rings. The molecule has 2 aliphatic carbocycles. The summed E-state index contributed by atoms with van der Waals surface area (Å²) < 4.78 is 24.4. The molecule has 0 aromatic carbocycles. The van der Waals surface area contributed by atoms with Gasteiger partial charge in [0.1, 0.15) is 18.0 Å². The number of halogens is 1. The Morgan fingerprint density at radius 3 is 2.67 bits per heavy atom. The van der Waals surface area contributed by atoms with Crippen LogP contribution in [-0.4, -0.2) is 40.1 Å². The van der Waals surface area contributed by atoms with Gasteiger partial charge in [0.05, 0.1) is 18.5 Å². The first-order chi connectivity index (χ1) is 12.5. The lowest BCUT2D eigenvalue weighted by Gasteiger charge is -2.41. The highest BCUT2D eigenvalue weighted by Gasteiger charge is 2.72. The number of anilines is 1. The highest BCUT2D eigenvalue weighted by atomic mass is 28.4. The van der Waals surface area contributed by atoms with Crippen molar-refractivity contribution in [1.82, 2.24) is 19.5 Å². The van der Waals surface area contributed by atoms with Gasteiger partial charge in [0.25, 0.3) is 0 Å². The second-order valence-electron chi connectivity index (χ2n) is 9.71. The largest absolute Gasteiger partial charge is 0.410 e. The van der Waals surface area contributed by atoms with E-state index >= 15 is 4.39 Å². The molecule has 0 spiro atoms. The number of nitrogens with zero attached hydrogens (tertiary/aromatic N) is 4. The van der Waals surface area contributed by atoms with Gasteiger partial charge in [-0.15, -0.1) is 0 Å². The Balaban J connectivity index is 1.72. The van der Waals surface area contributed by atoms with Crippen molar-refractivity contribution in [2.45, 2.75) is 77.0 Å². The summed E-state index contributed by atoms with van der Waals surface area (Å²) in [5, 5.41) is 0.0491. The molecule has 2 saturated carbocycles. The molecule has 27 heavy (non-hydrogen) atoms. The molecule has 2 heterocycles. The van der Waals surface area contributed by atoms with E-state index in [1.807, 2.05) is 4.57 Å². The average Bonchev–Trinajstić information content (AvgIpc) is 3.06. The second kappa shape index (κ2) is 5.73.